The third-order valence-electron chi connectivity index (χ3n) is 2.61. The first-order chi connectivity index (χ1) is 6.87. The maximum atomic E-state index is 11.8. The number of hydrogen-bond acceptors (Lipinski definition) is 3. The molecule has 0 saturated heterocycles. The summed E-state index contributed by atoms with van der Waals surface area (Å²) in [4.78, 5) is 16.0. The Morgan fingerprint density at radius 1 is 1.47 bits per heavy atom. The topological polar surface area (TPSA) is 49.7 Å². The lowest BCUT2D eigenvalue weighted by molar-refractivity contribution is -0.117. The summed E-state index contributed by atoms with van der Waals surface area (Å²) in [5.74, 6) is 0.212. The predicted molar refractivity (Wildman–Crippen MR) is 61.3 cm³/mol. The van der Waals surface area contributed by atoms with Gasteiger partial charge >= 0.3 is 0 Å². The molecule has 0 bridgehead atoms. The zero-order valence-electron chi connectivity index (χ0n) is 9.92. The van der Waals surface area contributed by atoms with E-state index in [0.29, 0.717) is 30.7 Å². The number of aliphatic hydroxyl groups excluding tert-OH is 1. The lowest BCUT2D eigenvalue weighted by atomic mass is 9.76. The Bertz CT molecular complexity index is 338. The fourth-order valence-electron chi connectivity index (χ4n) is 2.01. The molecule has 0 radical (unpaired) electrons. The molecule has 0 aromatic carbocycles. The first-order valence-corrected chi connectivity index (χ1v) is 5.34. The van der Waals surface area contributed by atoms with Crippen molar-refractivity contribution < 1.29 is 9.90 Å². The highest BCUT2D eigenvalue weighted by Crippen LogP contribution is 2.35. The van der Waals surface area contributed by atoms with Gasteiger partial charge in [-0.05, 0) is 19.3 Å². The molecule has 0 heterocycles. The molecule has 0 aromatic heterocycles. The molecule has 84 valence electrons. The quantitative estimate of drug-likeness (QED) is 0.711. The largest absolute Gasteiger partial charge is 0.511 e. The van der Waals surface area contributed by atoms with Crippen molar-refractivity contribution >= 4 is 11.5 Å². The molecule has 15 heavy (non-hydrogen) atoms. The van der Waals surface area contributed by atoms with E-state index < -0.39 is 0 Å². The molecule has 1 rings (SSSR count). The van der Waals surface area contributed by atoms with Crippen LogP contribution in [0.25, 0.3) is 0 Å². The lowest BCUT2D eigenvalue weighted by Crippen LogP contribution is -2.28. The maximum Gasteiger partial charge on any atom is 0.168 e. The Balaban J connectivity index is 3.08. The van der Waals surface area contributed by atoms with E-state index in [0.717, 1.165) is 0 Å². The van der Waals surface area contributed by atoms with Crippen molar-refractivity contribution in [2.45, 2.75) is 40.5 Å². The Labute approximate surface area is 90.9 Å². The van der Waals surface area contributed by atoms with Crippen LogP contribution in [-0.4, -0.2) is 23.1 Å². The van der Waals surface area contributed by atoms with E-state index in [1.54, 1.807) is 6.92 Å². The standard InChI is InChI=1S/C12H19NO2/c1-5-13-8(2)11-9(14)6-12(3,4)7-10(11)15/h14H,5-7H2,1-4H3. The van der Waals surface area contributed by atoms with Gasteiger partial charge in [-0.3, -0.25) is 9.79 Å². The highest BCUT2D eigenvalue weighted by Gasteiger charge is 2.33. The van der Waals surface area contributed by atoms with Gasteiger partial charge in [-0.25, -0.2) is 0 Å². The van der Waals surface area contributed by atoms with Crippen LogP contribution in [0, 0.1) is 5.41 Å². The van der Waals surface area contributed by atoms with Crippen molar-refractivity contribution in [3.05, 3.63) is 11.3 Å². The number of carbonyl (C=O) groups is 1. The minimum absolute atomic E-state index is 0.0125. The first kappa shape index (κ1) is 12.0. The van der Waals surface area contributed by atoms with E-state index >= 15 is 0 Å². The number of carbonyl (C=O) groups excluding carboxylic acids is 1. The van der Waals surface area contributed by atoms with E-state index in [1.165, 1.54) is 0 Å². The predicted octanol–water partition coefficient (Wildman–Crippen LogP) is 2.67. The molecule has 0 aliphatic heterocycles. The summed E-state index contributed by atoms with van der Waals surface area (Å²) < 4.78 is 0. The normalized spacial score (nSPS) is 22.1. The van der Waals surface area contributed by atoms with Gasteiger partial charge in [0.2, 0.25) is 0 Å². The van der Waals surface area contributed by atoms with Crippen LogP contribution in [0.3, 0.4) is 0 Å². The van der Waals surface area contributed by atoms with E-state index in [9.17, 15) is 9.90 Å². The molecule has 0 amide bonds. The highest BCUT2D eigenvalue weighted by atomic mass is 16.3. The third kappa shape index (κ3) is 2.67. The SMILES string of the molecule is CCN=C(C)C1=C(O)CC(C)(C)CC1=O. The zero-order valence-corrected chi connectivity index (χ0v) is 9.92. The van der Waals surface area contributed by atoms with Crippen LogP contribution >= 0.6 is 0 Å². The molecule has 0 aromatic rings. The molecule has 0 saturated carbocycles. The molecule has 1 N–H and O–H groups in total. The van der Waals surface area contributed by atoms with E-state index in [2.05, 4.69) is 4.99 Å². The van der Waals surface area contributed by atoms with Crippen molar-refractivity contribution in [3.8, 4) is 0 Å². The molecule has 1 aliphatic rings. The minimum Gasteiger partial charge on any atom is -0.511 e. The Morgan fingerprint density at radius 2 is 2.07 bits per heavy atom. The molecule has 1 aliphatic carbocycles. The molecule has 0 spiro atoms. The molecular weight excluding hydrogens is 190 g/mol. The van der Waals surface area contributed by atoms with Gasteiger partial charge in [0.25, 0.3) is 0 Å². The molecule has 0 fully saturated rings. The van der Waals surface area contributed by atoms with Gasteiger partial charge in [-0.15, -0.1) is 0 Å². The summed E-state index contributed by atoms with van der Waals surface area (Å²) in [6.07, 6.45) is 1.05. The number of aliphatic imine (C=N–C) groups is 1. The summed E-state index contributed by atoms with van der Waals surface area (Å²) in [5, 5.41) is 9.85. The second-order valence-electron chi connectivity index (χ2n) is 4.82. The van der Waals surface area contributed by atoms with Crippen LogP contribution in [0.5, 0.6) is 0 Å². The van der Waals surface area contributed by atoms with Crippen molar-refractivity contribution in [2.75, 3.05) is 6.54 Å². The van der Waals surface area contributed by atoms with Crippen LogP contribution in [0.15, 0.2) is 16.3 Å². The monoisotopic (exact) mass is 209 g/mol. The molecule has 3 nitrogen and oxygen atoms in total. The van der Waals surface area contributed by atoms with Crippen LogP contribution in [0.4, 0.5) is 0 Å². The Hall–Kier alpha value is -1.12. The van der Waals surface area contributed by atoms with Crippen LogP contribution in [0.1, 0.15) is 40.5 Å². The average molecular weight is 209 g/mol. The summed E-state index contributed by atoms with van der Waals surface area (Å²) >= 11 is 0. The minimum atomic E-state index is -0.128. The van der Waals surface area contributed by atoms with Gasteiger partial charge in [0, 0.05) is 25.1 Å². The second kappa shape index (κ2) is 4.17. The van der Waals surface area contributed by atoms with Gasteiger partial charge in [-0.2, -0.15) is 0 Å². The maximum absolute atomic E-state index is 11.8. The highest BCUT2D eigenvalue weighted by molar-refractivity contribution is 6.22. The van der Waals surface area contributed by atoms with Crippen LogP contribution < -0.4 is 0 Å². The molecular formula is C12H19NO2. The molecule has 0 unspecified atom stereocenters. The summed E-state index contributed by atoms with van der Waals surface area (Å²) in [5.41, 5.74) is 0.976. The lowest BCUT2D eigenvalue weighted by Gasteiger charge is -2.29. The zero-order chi connectivity index (χ0) is 11.6. The smallest absolute Gasteiger partial charge is 0.168 e. The Kier molecular flexibility index (Phi) is 3.32. The van der Waals surface area contributed by atoms with Gasteiger partial charge in [-0.1, -0.05) is 13.8 Å². The number of nitrogens with zero attached hydrogens (tertiary/aromatic N) is 1. The second-order valence-corrected chi connectivity index (χ2v) is 4.82. The molecule has 3 heteroatoms. The third-order valence-corrected chi connectivity index (χ3v) is 2.61. The summed E-state index contributed by atoms with van der Waals surface area (Å²) in [6, 6.07) is 0. The summed E-state index contributed by atoms with van der Waals surface area (Å²) in [7, 11) is 0. The van der Waals surface area contributed by atoms with Gasteiger partial charge in [0.05, 0.1) is 5.57 Å². The fourth-order valence-corrected chi connectivity index (χ4v) is 2.01. The summed E-state index contributed by atoms with van der Waals surface area (Å²) in [6.45, 7) is 8.32. The molecule has 0 atom stereocenters. The van der Waals surface area contributed by atoms with Crippen LogP contribution in [-0.2, 0) is 4.79 Å². The fraction of sp³-hybridized carbons (Fsp3) is 0.667. The number of allylic oxidation sites excluding steroid dienone is 2. The number of ketones is 1. The van der Waals surface area contributed by atoms with Crippen molar-refractivity contribution in [1.29, 1.82) is 0 Å². The van der Waals surface area contributed by atoms with Crippen molar-refractivity contribution in [3.63, 3.8) is 0 Å². The van der Waals surface area contributed by atoms with Gasteiger partial charge in [0.15, 0.2) is 5.78 Å². The van der Waals surface area contributed by atoms with Crippen LogP contribution in [0.2, 0.25) is 0 Å². The van der Waals surface area contributed by atoms with E-state index in [-0.39, 0.29) is 17.0 Å². The number of rotatable bonds is 2. The van der Waals surface area contributed by atoms with Crippen molar-refractivity contribution in [2.24, 2.45) is 10.4 Å². The average Bonchev–Trinajstić information content (AvgIpc) is 1.99. The Morgan fingerprint density at radius 3 is 2.53 bits per heavy atom. The van der Waals surface area contributed by atoms with Crippen molar-refractivity contribution in [1.82, 2.24) is 0 Å². The number of aliphatic hydroxyl groups is 1. The van der Waals surface area contributed by atoms with Gasteiger partial charge < -0.3 is 5.11 Å². The number of hydrogen-bond donors (Lipinski definition) is 1. The van der Waals surface area contributed by atoms with Gasteiger partial charge in [0.1, 0.15) is 5.76 Å². The number of Topliss-reactive ketones (excluding diaryl/α,β-unsaturated/α-hetero) is 1. The van der Waals surface area contributed by atoms with E-state index in [4.69, 9.17) is 0 Å². The van der Waals surface area contributed by atoms with E-state index in [1.807, 2.05) is 20.8 Å². The first-order valence-electron chi connectivity index (χ1n) is 5.34.